The van der Waals surface area contributed by atoms with Crippen LogP contribution >= 0.6 is 0 Å². The third-order valence-electron chi connectivity index (χ3n) is 2.22. The van der Waals surface area contributed by atoms with Gasteiger partial charge in [-0.15, -0.1) is 6.58 Å². The van der Waals surface area contributed by atoms with Gasteiger partial charge in [-0.25, -0.2) is 4.79 Å². The van der Waals surface area contributed by atoms with Gasteiger partial charge in [-0.3, -0.25) is 10.1 Å². The Balaban J connectivity index is 4.05. The predicted octanol–water partition coefficient (Wildman–Crippen LogP) is 1.95. The van der Waals surface area contributed by atoms with Gasteiger partial charge in [0.1, 0.15) is 0 Å². The van der Waals surface area contributed by atoms with Gasteiger partial charge in [-0.2, -0.15) is 0 Å². The van der Waals surface area contributed by atoms with Crippen LogP contribution in [-0.4, -0.2) is 11.9 Å². The molecule has 4 heteroatoms. The van der Waals surface area contributed by atoms with Crippen LogP contribution in [0.3, 0.4) is 0 Å². The van der Waals surface area contributed by atoms with Crippen molar-refractivity contribution in [1.29, 1.82) is 0 Å². The van der Waals surface area contributed by atoms with Gasteiger partial charge in [0.2, 0.25) is 5.91 Å². The molecule has 0 aliphatic heterocycles. The first kappa shape index (κ1) is 13.7. The van der Waals surface area contributed by atoms with Gasteiger partial charge in [0.25, 0.3) is 0 Å². The minimum absolute atomic E-state index is 0.179. The molecule has 4 nitrogen and oxygen atoms in total. The average Bonchev–Trinajstić information content (AvgIpc) is 2.15. The van der Waals surface area contributed by atoms with Crippen LogP contribution in [0.2, 0.25) is 0 Å². The maximum absolute atomic E-state index is 11.5. The Kier molecular flexibility index (Phi) is 7.32. The quantitative estimate of drug-likeness (QED) is 0.500. The molecule has 0 spiro atoms. The van der Waals surface area contributed by atoms with E-state index in [1.54, 1.807) is 6.08 Å². The number of rotatable bonds is 7. The molecule has 0 aromatic rings. The molecule has 0 fully saturated rings. The van der Waals surface area contributed by atoms with Crippen LogP contribution in [0.15, 0.2) is 12.7 Å². The number of primary amides is 1. The second-order valence-corrected chi connectivity index (χ2v) is 3.57. The van der Waals surface area contributed by atoms with Crippen molar-refractivity contribution < 1.29 is 9.59 Å². The van der Waals surface area contributed by atoms with E-state index in [1.807, 2.05) is 0 Å². The van der Waals surface area contributed by atoms with Gasteiger partial charge in [0, 0.05) is 5.92 Å². The Bertz CT molecular complexity index is 227. The highest BCUT2D eigenvalue weighted by Crippen LogP contribution is 2.14. The van der Waals surface area contributed by atoms with Gasteiger partial charge in [0.15, 0.2) is 0 Å². The van der Waals surface area contributed by atoms with E-state index < -0.39 is 6.03 Å². The Morgan fingerprint density at radius 1 is 1.47 bits per heavy atom. The average molecular weight is 212 g/mol. The number of allylic oxidation sites excluding steroid dienone is 1. The number of amides is 3. The van der Waals surface area contributed by atoms with Gasteiger partial charge in [-0.1, -0.05) is 32.3 Å². The van der Waals surface area contributed by atoms with Crippen LogP contribution in [0.5, 0.6) is 0 Å². The van der Waals surface area contributed by atoms with Crippen LogP contribution in [0.25, 0.3) is 0 Å². The summed E-state index contributed by atoms with van der Waals surface area (Å²) in [5.74, 6) is -0.472. The molecule has 3 N–H and O–H groups in total. The summed E-state index contributed by atoms with van der Waals surface area (Å²) < 4.78 is 0. The van der Waals surface area contributed by atoms with E-state index >= 15 is 0 Å². The zero-order valence-electron chi connectivity index (χ0n) is 9.29. The molecule has 0 bridgehead atoms. The lowest BCUT2D eigenvalue weighted by atomic mass is 9.97. The first-order valence-electron chi connectivity index (χ1n) is 5.33. The molecular weight excluding hydrogens is 192 g/mol. The molecule has 0 aliphatic rings. The second-order valence-electron chi connectivity index (χ2n) is 3.57. The van der Waals surface area contributed by atoms with Gasteiger partial charge >= 0.3 is 6.03 Å². The van der Waals surface area contributed by atoms with Crippen LogP contribution in [0.1, 0.15) is 39.0 Å². The smallest absolute Gasteiger partial charge is 0.318 e. The first-order valence-corrected chi connectivity index (χ1v) is 5.33. The fraction of sp³-hybridized carbons (Fsp3) is 0.636. The number of urea groups is 1. The molecule has 86 valence electrons. The third-order valence-corrected chi connectivity index (χ3v) is 2.22. The second kappa shape index (κ2) is 8.03. The first-order chi connectivity index (χ1) is 7.11. The van der Waals surface area contributed by atoms with Crippen LogP contribution < -0.4 is 11.1 Å². The highest BCUT2D eigenvalue weighted by atomic mass is 16.2. The van der Waals surface area contributed by atoms with E-state index in [2.05, 4.69) is 18.8 Å². The van der Waals surface area contributed by atoms with Crippen LogP contribution in [-0.2, 0) is 4.79 Å². The van der Waals surface area contributed by atoms with Gasteiger partial charge < -0.3 is 5.73 Å². The molecule has 0 unspecified atom stereocenters. The summed E-state index contributed by atoms with van der Waals surface area (Å²) in [6.45, 7) is 5.70. The minimum atomic E-state index is -0.787. The van der Waals surface area contributed by atoms with E-state index in [0.717, 1.165) is 25.7 Å². The lowest BCUT2D eigenvalue weighted by molar-refractivity contribution is -0.124. The lowest BCUT2D eigenvalue weighted by Gasteiger charge is -2.13. The van der Waals surface area contributed by atoms with Gasteiger partial charge in [-0.05, 0) is 12.8 Å². The normalized spacial score (nSPS) is 11.8. The van der Waals surface area contributed by atoms with Crippen molar-refractivity contribution in [2.24, 2.45) is 11.7 Å². The maximum atomic E-state index is 11.5. The van der Waals surface area contributed by atoms with Crippen molar-refractivity contribution >= 4 is 11.9 Å². The number of imide groups is 1. The summed E-state index contributed by atoms with van der Waals surface area (Å²) in [6, 6.07) is -0.787. The fourth-order valence-electron chi connectivity index (χ4n) is 1.42. The monoisotopic (exact) mass is 212 g/mol. The Labute approximate surface area is 90.9 Å². The molecule has 3 amide bonds. The minimum Gasteiger partial charge on any atom is -0.351 e. The van der Waals surface area contributed by atoms with E-state index in [4.69, 9.17) is 5.73 Å². The third kappa shape index (κ3) is 6.71. The van der Waals surface area contributed by atoms with Gasteiger partial charge in [0.05, 0.1) is 0 Å². The summed E-state index contributed by atoms with van der Waals surface area (Å²) in [4.78, 5) is 22.0. The Hall–Kier alpha value is -1.32. The summed E-state index contributed by atoms with van der Waals surface area (Å²) >= 11 is 0. The zero-order chi connectivity index (χ0) is 11.7. The predicted molar refractivity (Wildman–Crippen MR) is 60.2 cm³/mol. The Morgan fingerprint density at radius 3 is 2.60 bits per heavy atom. The molecule has 0 saturated carbocycles. The molecule has 0 aliphatic carbocycles. The lowest BCUT2D eigenvalue weighted by Crippen LogP contribution is -2.39. The summed E-state index contributed by atoms with van der Waals surface area (Å²) in [5, 5.41) is 2.11. The molecule has 15 heavy (non-hydrogen) atoms. The van der Waals surface area contributed by atoms with Crippen molar-refractivity contribution in [1.82, 2.24) is 5.32 Å². The van der Waals surface area contributed by atoms with Crippen molar-refractivity contribution in [2.45, 2.75) is 39.0 Å². The molecular formula is C11H20N2O2. The Morgan fingerprint density at radius 2 is 2.13 bits per heavy atom. The summed E-state index contributed by atoms with van der Waals surface area (Å²) in [5.41, 5.74) is 4.89. The maximum Gasteiger partial charge on any atom is 0.318 e. The SMILES string of the molecule is C=CC[C@@H](CCCCC)C(=O)NC(N)=O. The number of carbonyl (C=O) groups is 2. The number of hydrogen-bond donors (Lipinski definition) is 2. The fourth-order valence-corrected chi connectivity index (χ4v) is 1.42. The van der Waals surface area contributed by atoms with Crippen LogP contribution in [0, 0.1) is 5.92 Å². The van der Waals surface area contributed by atoms with Crippen molar-refractivity contribution in [2.75, 3.05) is 0 Å². The highest BCUT2D eigenvalue weighted by Gasteiger charge is 2.17. The molecule has 0 saturated heterocycles. The topological polar surface area (TPSA) is 72.2 Å². The van der Waals surface area contributed by atoms with Crippen molar-refractivity contribution in [3.05, 3.63) is 12.7 Å². The van der Waals surface area contributed by atoms with Crippen LogP contribution in [0.4, 0.5) is 4.79 Å². The molecule has 0 radical (unpaired) electrons. The molecule has 1 atom stereocenters. The molecule has 0 aromatic carbocycles. The number of carbonyl (C=O) groups excluding carboxylic acids is 2. The highest BCUT2D eigenvalue weighted by molar-refractivity contribution is 5.94. The molecule has 0 aromatic heterocycles. The van der Waals surface area contributed by atoms with E-state index in [-0.39, 0.29) is 11.8 Å². The van der Waals surface area contributed by atoms with E-state index in [0.29, 0.717) is 6.42 Å². The number of nitrogens with one attached hydrogen (secondary N) is 1. The zero-order valence-corrected chi connectivity index (χ0v) is 9.29. The summed E-state index contributed by atoms with van der Waals surface area (Å²) in [6.07, 6.45) is 6.25. The number of nitrogens with two attached hydrogens (primary N) is 1. The molecule has 0 heterocycles. The summed E-state index contributed by atoms with van der Waals surface area (Å²) in [7, 11) is 0. The van der Waals surface area contributed by atoms with Crippen molar-refractivity contribution in [3.63, 3.8) is 0 Å². The van der Waals surface area contributed by atoms with E-state index in [9.17, 15) is 9.59 Å². The number of unbranched alkanes of at least 4 members (excludes halogenated alkanes) is 2. The largest absolute Gasteiger partial charge is 0.351 e. The van der Waals surface area contributed by atoms with Crippen molar-refractivity contribution in [3.8, 4) is 0 Å². The van der Waals surface area contributed by atoms with E-state index in [1.165, 1.54) is 0 Å². The number of hydrogen-bond acceptors (Lipinski definition) is 2. The molecule has 0 rings (SSSR count). The standard InChI is InChI=1S/C11H20N2O2/c1-3-5-6-8-9(7-4-2)10(14)13-11(12)15/h4,9H,2-3,5-8H2,1H3,(H3,12,13,14,15)/t9-/m0/s1.